The number of likely N-dealkylation sites (tertiary alicyclic amines) is 2. The highest BCUT2D eigenvalue weighted by Gasteiger charge is 2.60. The van der Waals surface area contributed by atoms with E-state index in [9.17, 15) is 14.7 Å². The van der Waals surface area contributed by atoms with E-state index >= 15 is 0 Å². The van der Waals surface area contributed by atoms with Gasteiger partial charge >= 0.3 is 0 Å². The zero-order chi connectivity index (χ0) is 17.1. The smallest absolute Gasteiger partial charge is 0.257 e. The number of hydrogen-bond donors (Lipinski definition) is 2. The number of aliphatic hydroxyl groups is 1. The molecule has 7 nitrogen and oxygen atoms in total. The molecule has 1 aromatic rings. The van der Waals surface area contributed by atoms with Gasteiger partial charge in [-0.15, -0.1) is 0 Å². The molecule has 1 aliphatic carbocycles. The topological polar surface area (TPSA) is 89.5 Å². The molecule has 0 radical (unpaired) electrons. The van der Waals surface area contributed by atoms with Crippen LogP contribution < -0.4 is 0 Å². The van der Waals surface area contributed by atoms with Crippen LogP contribution in [0.2, 0.25) is 0 Å². The average molecular weight is 332 g/mol. The summed E-state index contributed by atoms with van der Waals surface area (Å²) in [5.74, 6) is 0.353. The molecule has 1 saturated carbocycles. The highest BCUT2D eigenvalue weighted by atomic mass is 16.3. The molecule has 0 unspecified atom stereocenters. The molecule has 0 aromatic carbocycles. The fourth-order valence-corrected chi connectivity index (χ4v) is 4.33. The van der Waals surface area contributed by atoms with Gasteiger partial charge in [0.1, 0.15) is 0 Å². The Bertz CT molecular complexity index is 663. The molecule has 2 amide bonds. The first-order valence-corrected chi connectivity index (χ1v) is 8.54. The number of rotatable bonds is 3. The SMILES string of the molecule is CC1(C)C[C@@H]1C(=O)N1CC2(CN(C(=O)c3cn[nH]c3)C[C@H]2CO)C1. The number of aromatic amines is 1. The number of amides is 2. The fraction of sp³-hybridized carbons (Fsp3) is 0.706. The molecule has 130 valence electrons. The Kier molecular flexibility index (Phi) is 3.29. The molecule has 3 aliphatic rings. The monoisotopic (exact) mass is 332 g/mol. The minimum atomic E-state index is -0.150. The summed E-state index contributed by atoms with van der Waals surface area (Å²) in [7, 11) is 0. The van der Waals surface area contributed by atoms with Gasteiger partial charge in [-0.2, -0.15) is 5.10 Å². The van der Waals surface area contributed by atoms with Crippen molar-refractivity contribution in [2.75, 3.05) is 32.8 Å². The van der Waals surface area contributed by atoms with Gasteiger partial charge in [-0.3, -0.25) is 14.7 Å². The van der Waals surface area contributed by atoms with Gasteiger partial charge in [0.05, 0.1) is 11.8 Å². The maximum Gasteiger partial charge on any atom is 0.257 e. The maximum atomic E-state index is 12.5. The summed E-state index contributed by atoms with van der Waals surface area (Å²) in [4.78, 5) is 28.7. The lowest BCUT2D eigenvalue weighted by Crippen LogP contribution is -2.63. The largest absolute Gasteiger partial charge is 0.396 e. The molecule has 4 rings (SSSR count). The van der Waals surface area contributed by atoms with Crippen LogP contribution in [-0.4, -0.2) is 69.7 Å². The highest BCUT2D eigenvalue weighted by molar-refractivity contribution is 5.94. The van der Waals surface area contributed by atoms with Gasteiger partial charge in [-0.1, -0.05) is 13.8 Å². The maximum absolute atomic E-state index is 12.5. The molecular weight excluding hydrogens is 308 g/mol. The summed E-state index contributed by atoms with van der Waals surface area (Å²) >= 11 is 0. The Morgan fingerprint density at radius 2 is 2.00 bits per heavy atom. The molecule has 3 fully saturated rings. The first kappa shape index (κ1) is 15.6. The lowest BCUT2D eigenvalue weighted by molar-refractivity contribution is -0.148. The number of carbonyl (C=O) groups excluding carboxylic acids is 2. The van der Waals surface area contributed by atoms with Crippen LogP contribution in [0.15, 0.2) is 12.4 Å². The van der Waals surface area contributed by atoms with Gasteiger partial charge in [-0.05, 0) is 11.8 Å². The van der Waals surface area contributed by atoms with E-state index in [1.807, 2.05) is 4.90 Å². The summed E-state index contributed by atoms with van der Waals surface area (Å²) in [6.45, 7) is 6.74. The number of hydrogen-bond acceptors (Lipinski definition) is 4. The fourth-order valence-electron chi connectivity index (χ4n) is 4.33. The Morgan fingerprint density at radius 3 is 2.54 bits per heavy atom. The van der Waals surface area contributed by atoms with Crippen LogP contribution >= 0.6 is 0 Å². The molecule has 3 heterocycles. The molecule has 2 saturated heterocycles. The minimum Gasteiger partial charge on any atom is -0.396 e. The van der Waals surface area contributed by atoms with E-state index in [2.05, 4.69) is 24.0 Å². The molecule has 2 N–H and O–H groups in total. The average Bonchev–Trinajstić information content (AvgIpc) is 2.94. The Labute approximate surface area is 141 Å². The third-order valence-electron chi connectivity index (χ3n) is 6.20. The molecule has 0 bridgehead atoms. The number of nitrogens with one attached hydrogen (secondary N) is 1. The summed E-state index contributed by atoms with van der Waals surface area (Å²) in [5, 5.41) is 16.2. The van der Waals surface area contributed by atoms with Gasteiger partial charge in [0, 0.05) is 56.2 Å². The third-order valence-corrected chi connectivity index (χ3v) is 6.20. The summed E-state index contributed by atoms with van der Waals surface area (Å²) in [6.07, 6.45) is 4.07. The molecule has 24 heavy (non-hydrogen) atoms. The summed E-state index contributed by atoms with van der Waals surface area (Å²) < 4.78 is 0. The van der Waals surface area contributed by atoms with Crippen LogP contribution in [0.3, 0.4) is 0 Å². The zero-order valence-electron chi connectivity index (χ0n) is 14.2. The van der Waals surface area contributed by atoms with Crippen molar-refractivity contribution in [3.8, 4) is 0 Å². The lowest BCUT2D eigenvalue weighted by atomic mass is 9.71. The predicted molar refractivity (Wildman–Crippen MR) is 86.0 cm³/mol. The molecule has 2 aliphatic heterocycles. The Hall–Kier alpha value is -1.89. The third kappa shape index (κ3) is 2.25. The molecule has 7 heteroatoms. The summed E-state index contributed by atoms with van der Waals surface area (Å²) in [6, 6.07) is 0. The Balaban J connectivity index is 1.43. The van der Waals surface area contributed by atoms with Gasteiger partial charge in [0.25, 0.3) is 5.91 Å². The van der Waals surface area contributed by atoms with Crippen molar-refractivity contribution < 1.29 is 14.7 Å². The number of aromatic nitrogens is 2. The number of H-pyrrole nitrogens is 1. The first-order chi connectivity index (χ1) is 11.4. The van der Waals surface area contributed by atoms with Crippen molar-refractivity contribution >= 4 is 11.8 Å². The van der Waals surface area contributed by atoms with Gasteiger partial charge in [0.15, 0.2) is 0 Å². The van der Waals surface area contributed by atoms with Crippen LogP contribution in [0.25, 0.3) is 0 Å². The summed E-state index contributed by atoms with van der Waals surface area (Å²) in [5.41, 5.74) is 0.522. The van der Waals surface area contributed by atoms with Gasteiger partial charge in [-0.25, -0.2) is 0 Å². The lowest BCUT2D eigenvalue weighted by Gasteiger charge is -2.50. The molecule has 1 aromatic heterocycles. The standard InChI is InChI=1S/C17H24N4O3/c1-16(2)3-13(16)15(24)21-9-17(10-21)8-20(6-12(17)7-22)14(23)11-4-18-19-5-11/h4-5,12-13,22H,3,6-10H2,1-2H3,(H,18,19)/t12-,13+/m0/s1. The second-order valence-electron chi connectivity index (χ2n) is 8.35. The van der Waals surface area contributed by atoms with Crippen LogP contribution in [0.5, 0.6) is 0 Å². The van der Waals surface area contributed by atoms with Crippen molar-refractivity contribution in [2.45, 2.75) is 20.3 Å². The van der Waals surface area contributed by atoms with Crippen molar-refractivity contribution in [1.29, 1.82) is 0 Å². The Morgan fingerprint density at radius 1 is 1.33 bits per heavy atom. The second-order valence-corrected chi connectivity index (χ2v) is 8.35. The van der Waals surface area contributed by atoms with Crippen molar-refractivity contribution in [2.24, 2.45) is 22.7 Å². The van der Waals surface area contributed by atoms with E-state index in [1.54, 1.807) is 11.1 Å². The van der Waals surface area contributed by atoms with Gasteiger partial charge < -0.3 is 14.9 Å². The highest BCUT2D eigenvalue weighted by Crippen LogP contribution is 2.54. The van der Waals surface area contributed by atoms with Crippen LogP contribution in [0, 0.1) is 22.7 Å². The number of carbonyl (C=O) groups is 2. The van der Waals surface area contributed by atoms with E-state index in [1.165, 1.54) is 6.20 Å². The minimum absolute atomic E-state index is 0.0321. The van der Waals surface area contributed by atoms with E-state index in [4.69, 9.17) is 0 Å². The quantitative estimate of drug-likeness (QED) is 0.836. The van der Waals surface area contributed by atoms with Crippen molar-refractivity contribution in [1.82, 2.24) is 20.0 Å². The number of nitrogens with zero attached hydrogens (tertiary/aromatic N) is 3. The van der Waals surface area contributed by atoms with Gasteiger partial charge in [0.2, 0.25) is 5.91 Å². The van der Waals surface area contributed by atoms with E-state index < -0.39 is 0 Å². The van der Waals surface area contributed by atoms with Crippen molar-refractivity contribution in [3.05, 3.63) is 18.0 Å². The van der Waals surface area contributed by atoms with Crippen LogP contribution in [0.1, 0.15) is 30.6 Å². The van der Waals surface area contributed by atoms with E-state index in [-0.39, 0.29) is 41.1 Å². The molecule has 1 spiro atoms. The van der Waals surface area contributed by atoms with Crippen LogP contribution in [0.4, 0.5) is 0 Å². The van der Waals surface area contributed by atoms with Crippen molar-refractivity contribution in [3.63, 3.8) is 0 Å². The normalized spacial score (nSPS) is 29.6. The number of aliphatic hydroxyl groups excluding tert-OH is 1. The van der Waals surface area contributed by atoms with E-state index in [0.717, 1.165) is 6.42 Å². The van der Waals surface area contributed by atoms with Crippen LogP contribution in [-0.2, 0) is 4.79 Å². The molecular formula is C17H24N4O3. The zero-order valence-corrected chi connectivity index (χ0v) is 14.2. The first-order valence-electron chi connectivity index (χ1n) is 8.54. The predicted octanol–water partition coefficient (Wildman–Crippen LogP) is 0.349. The second kappa shape index (κ2) is 5.05. The molecule has 2 atom stereocenters. The van der Waals surface area contributed by atoms with E-state index in [0.29, 0.717) is 31.7 Å².